The van der Waals surface area contributed by atoms with Gasteiger partial charge in [0.05, 0.1) is 58.3 Å². The molecule has 77 heavy (non-hydrogen) atoms. The zero-order chi connectivity index (χ0) is 55.5. The number of aromatic nitrogens is 2. The standard InChI is InChI=1S/C25H26N4O6.C24H28N2O7.C5H9ClO2.CH4/c1-4-15-12-25(15,24(32)34-3)29-23(31)14-5-6-17(9-14)35-22-11-20(21(30)13-27-26)28-19-10-16(33-2)7-8-18(19)22;1-4-14-12-24(14,23(30)32-3)26-21(27)13-5-6-16(9-13)33-20-11-19(22(28)29)25-18-10-15(31-2)7-8-17(18)20;1-4(2)3-8-5(6)7;/h4,7-8,10-11,13-15,17H,1,5-6,9,12H2,2-3H3,(H,29,31);4,7-8,10-11,13-14,16,22,28-29H,1,5-6,9,12H2,2-3H3,(H,26,27);4H,3H2,1-2H3;1H4/t14-,15-,17?,25+;13-,14-,16?,24+;;/m00../s1. The molecule has 0 radical (unpaired) electrons. The minimum atomic E-state index is -1.75. The van der Waals surface area contributed by atoms with Crippen LogP contribution < -0.4 is 29.6 Å². The summed E-state index contributed by atoms with van der Waals surface area (Å²) in [6.45, 7) is 11.7. The average molecular weight is 1090 g/mol. The first-order valence-electron chi connectivity index (χ1n) is 24.6. The van der Waals surface area contributed by atoms with Gasteiger partial charge in [0.15, 0.2) is 6.29 Å². The van der Waals surface area contributed by atoms with Crippen LogP contribution >= 0.6 is 11.6 Å². The monoisotopic (exact) mass is 1090 g/mol. The van der Waals surface area contributed by atoms with Gasteiger partial charge in [0.25, 0.3) is 5.78 Å². The Morgan fingerprint density at radius 1 is 0.753 bits per heavy atom. The van der Waals surface area contributed by atoms with Gasteiger partial charge in [0.2, 0.25) is 11.8 Å². The highest BCUT2D eigenvalue weighted by atomic mass is 35.5. The summed E-state index contributed by atoms with van der Waals surface area (Å²) in [4.78, 5) is 83.9. The van der Waals surface area contributed by atoms with Gasteiger partial charge in [-0.3, -0.25) is 14.4 Å². The van der Waals surface area contributed by atoms with Crippen molar-refractivity contribution < 1.29 is 76.9 Å². The van der Waals surface area contributed by atoms with E-state index in [9.17, 15) is 39.0 Å². The number of hydrogen-bond acceptors (Lipinski definition) is 17. The van der Waals surface area contributed by atoms with Crippen LogP contribution in [0.3, 0.4) is 0 Å². The highest BCUT2D eigenvalue weighted by Crippen LogP contribution is 2.47. The van der Waals surface area contributed by atoms with Crippen LogP contribution in [0.4, 0.5) is 4.79 Å². The normalized spacial score (nSPS) is 23.4. The maximum absolute atomic E-state index is 13.0. The van der Waals surface area contributed by atoms with Gasteiger partial charge in [-0.25, -0.2) is 24.4 Å². The first-order chi connectivity index (χ1) is 36.3. The number of ether oxygens (including phenoxy) is 7. The van der Waals surface area contributed by atoms with Gasteiger partial charge in [-0.2, -0.15) is 4.79 Å². The van der Waals surface area contributed by atoms with Crippen LogP contribution in [0.25, 0.3) is 27.3 Å². The van der Waals surface area contributed by atoms with E-state index in [4.69, 9.17) is 45.6 Å². The molecule has 4 aliphatic carbocycles. The number of halogens is 1. The molecule has 22 heteroatoms. The molecule has 4 saturated carbocycles. The highest BCUT2D eigenvalue weighted by molar-refractivity contribution is 6.61. The number of nitrogens with one attached hydrogen (secondary N) is 2. The van der Waals surface area contributed by atoms with Crippen LogP contribution in [0.5, 0.6) is 23.0 Å². The lowest BCUT2D eigenvalue weighted by Crippen LogP contribution is -2.47. The van der Waals surface area contributed by atoms with Crippen molar-refractivity contribution in [2.24, 2.45) is 29.6 Å². The Labute approximate surface area is 451 Å². The van der Waals surface area contributed by atoms with Crippen molar-refractivity contribution in [2.75, 3.05) is 35.0 Å². The van der Waals surface area contributed by atoms with Gasteiger partial charge < -0.3 is 59.5 Å². The van der Waals surface area contributed by atoms with Crippen LogP contribution in [0.2, 0.25) is 0 Å². The lowest BCUT2D eigenvalue weighted by Gasteiger charge is -2.20. The van der Waals surface area contributed by atoms with E-state index in [0.717, 1.165) is 6.21 Å². The van der Waals surface area contributed by atoms with Crippen molar-refractivity contribution in [1.29, 1.82) is 0 Å². The summed E-state index contributed by atoms with van der Waals surface area (Å²) in [5.41, 5.74) is 7.06. The Bertz CT molecular complexity index is 2910. The Hall–Kier alpha value is -7.45. The van der Waals surface area contributed by atoms with Crippen molar-refractivity contribution in [3.8, 4) is 23.0 Å². The van der Waals surface area contributed by atoms with Crippen molar-refractivity contribution in [1.82, 2.24) is 20.6 Å². The highest BCUT2D eigenvalue weighted by Gasteiger charge is 2.62. The van der Waals surface area contributed by atoms with E-state index in [1.807, 2.05) is 13.8 Å². The van der Waals surface area contributed by atoms with Gasteiger partial charge in [-0.05, 0) is 81.5 Å². The Morgan fingerprint density at radius 2 is 1.22 bits per heavy atom. The number of ketones is 1. The van der Waals surface area contributed by atoms with Crippen molar-refractivity contribution >= 4 is 74.6 Å². The van der Waals surface area contributed by atoms with Gasteiger partial charge >= 0.3 is 23.6 Å². The van der Waals surface area contributed by atoms with Crippen molar-refractivity contribution in [2.45, 2.75) is 102 Å². The fourth-order valence-electron chi connectivity index (χ4n) is 9.37. The second-order valence-electron chi connectivity index (χ2n) is 19.2. The molecule has 2 heterocycles. The quantitative estimate of drug-likeness (QED) is 0.00832. The number of fused-ring (bicyclic) bond motifs is 2. The molecule has 8 atom stereocenters. The van der Waals surface area contributed by atoms with E-state index in [0.29, 0.717) is 109 Å². The first-order valence-corrected chi connectivity index (χ1v) is 24.9. The molecule has 2 unspecified atom stereocenters. The molecule has 8 rings (SSSR count). The van der Waals surface area contributed by atoms with E-state index >= 15 is 0 Å². The molecule has 2 aromatic carbocycles. The van der Waals surface area contributed by atoms with Gasteiger partial charge in [0.1, 0.15) is 45.5 Å². The van der Waals surface area contributed by atoms with Crippen molar-refractivity contribution in [3.63, 3.8) is 0 Å². The molecule has 2 aromatic heterocycles. The number of amides is 2. The summed E-state index contributed by atoms with van der Waals surface area (Å²) in [5.74, 6) is -0.459. The number of hydrogen-bond donors (Lipinski definition) is 4. The number of esters is 2. The molecule has 4 aliphatic rings. The maximum atomic E-state index is 13.0. The van der Waals surface area contributed by atoms with Crippen LogP contribution in [0.1, 0.15) is 95.1 Å². The van der Waals surface area contributed by atoms with E-state index < -0.39 is 40.5 Å². The second kappa shape index (κ2) is 26.5. The molecular weight excluding hydrogens is 1020 g/mol. The number of nitrogens with zero attached hydrogens (tertiary/aromatic N) is 4. The topological polar surface area (TPSA) is 294 Å². The summed E-state index contributed by atoms with van der Waals surface area (Å²) in [7, 11) is 5.67. The number of carbonyl (C=O) groups excluding carboxylic acids is 6. The van der Waals surface area contributed by atoms with E-state index in [2.05, 4.69) is 43.3 Å². The van der Waals surface area contributed by atoms with E-state index in [1.54, 1.807) is 48.6 Å². The first kappa shape index (κ1) is 60.4. The summed E-state index contributed by atoms with van der Waals surface area (Å²) < 4.78 is 37.1. The average Bonchev–Trinajstić information content (AvgIpc) is 4.18. The summed E-state index contributed by atoms with van der Waals surface area (Å²) in [6, 6.07) is 13.5. The van der Waals surface area contributed by atoms with E-state index in [-0.39, 0.29) is 66.5 Å². The second-order valence-corrected chi connectivity index (χ2v) is 19.5. The Balaban J connectivity index is 0.000000246. The summed E-state index contributed by atoms with van der Waals surface area (Å²) in [6.07, 6.45) is 6.14. The van der Waals surface area contributed by atoms with E-state index in [1.165, 1.54) is 40.6 Å². The third-order valence-corrected chi connectivity index (χ3v) is 13.8. The smallest absolute Gasteiger partial charge is 0.403 e. The minimum Gasteiger partial charge on any atom is -0.497 e. The molecule has 4 fully saturated rings. The molecule has 0 aliphatic heterocycles. The third-order valence-electron chi connectivity index (χ3n) is 13.7. The number of aliphatic hydroxyl groups is 2. The molecule has 4 N–H and O–H groups in total. The third kappa shape index (κ3) is 14.5. The summed E-state index contributed by atoms with van der Waals surface area (Å²) >= 11 is 4.86. The molecule has 0 spiro atoms. The van der Waals surface area contributed by atoms with Gasteiger partial charge in [-0.1, -0.05) is 33.4 Å². The van der Waals surface area contributed by atoms with Crippen molar-refractivity contribution in [3.05, 3.63) is 90.8 Å². The minimum absolute atomic E-state index is 0. The number of pyridine rings is 2. The summed E-state index contributed by atoms with van der Waals surface area (Å²) in [5, 5.41) is 26.4. The largest absolute Gasteiger partial charge is 0.497 e. The molecule has 2 amide bonds. The fraction of sp³-hybridized carbons (Fsp3) is 0.473. The number of methoxy groups -OCH3 is 4. The number of rotatable bonds is 19. The SMILES string of the molecule is C.C=C[C@H]1C[C@]1(NC(=O)[C@H]1CCC(Oc2cc(C(=O)C=[N+]=[N-])nc3cc(OC)ccc23)C1)C(=O)OC.C=C[C@H]1C[C@]1(NC(=O)[C@H]1CCC(Oc2cc(C(O)O)nc3cc(OC)ccc23)C1)C(=O)OC.CC(C)COC(=O)Cl. The molecular formula is C55H67ClN6O15. The maximum Gasteiger partial charge on any atom is 0.403 e. The van der Waals surface area contributed by atoms with Gasteiger partial charge in [-0.15, -0.1) is 13.2 Å². The molecule has 0 saturated heterocycles. The van der Waals surface area contributed by atoms with Crippen LogP contribution in [0.15, 0.2) is 73.8 Å². The molecule has 4 aromatic rings. The Morgan fingerprint density at radius 3 is 1.60 bits per heavy atom. The number of Topliss-reactive ketones (excluding diaryl/α,β-unsaturated/α-hetero) is 1. The molecule has 0 bridgehead atoms. The Kier molecular flexibility index (Phi) is 20.8. The van der Waals surface area contributed by atoms with Crippen LogP contribution in [0, 0.1) is 29.6 Å². The zero-order valence-electron chi connectivity index (χ0n) is 43.1. The lowest BCUT2D eigenvalue weighted by atomic mass is 10.1. The fourth-order valence-corrected chi connectivity index (χ4v) is 9.43. The molecule has 21 nitrogen and oxygen atoms in total. The lowest BCUT2D eigenvalue weighted by molar-refractivity contribution is -0.147. The predicted molar refractivity (Wildman–Crippen MR) is 282 cm³/mol. The van der Waals surface area contributed by atoms with Crippen LogP contribution in [-0.2, 0) is 33.4 Å². The molecule has 414 valence electrons. The number of carbonyl (C=O) groups is 6. The van der Waals surface area contributed by atoms with Crippen LogP contribution in [-0.4, -0.2) is 124 Å². The predicted octanol–water partition coefficient (Wildman–Crippen LogP) is 7.17. The number of aliphatic hydroxyl groups excluding tert-OH is 1. The zero-order valence-corrected chi connectivity index (χ0v) is 43.9. The number of benzene rings is 2. The van der Waals surface area contributed by atoms with Gasteiger partial charge in [0, 0.05) is 70.3 Å².